The van der Waals surface area contributed by atoms with Crippen molar-refractivity contribution in [1.29, 1.82) is 5.26 Å². The Morgan fingerprint density at radius 2 is 1.92 bits per heavy atom. The molecule has 3 aromatic rings. The summed E-state index contributed by atoms with van der Waals surface area (Å²) in [5, 5.41) is 14.2. The lowest BCUT2D eigenvalue weighted by Gasteiger charge is -2.17. The molecule has 1 saturated heterocycles. The number of rotatable bonds is 5. The number of benzene rings is 3. The molecular formula is C27H22BrN5OS2. The quantitative estimate of drug-likeness (QED) is 0.333. The van der Waals surface area contributed by atoms with E-state index < -0.39 is 0 Å². The number of halogens is 1. The zero-order valence-electron chi connectivity index (χ0n) is 19.7. The summed E-state index contributed by atoms with van der Waals surface area (Å²) in [4.78, 5) is 24.4. The molecule has 1 fully saturated rings. The number of para-hydroxylation sites is 1. The highest BCUT2D eigenvalue weighted by atomic mass is 79.9. The van der Waals surface area contributed by atoms with Crippen molar-refractivity contribution in [2.24, 2.45) is 4.99 Å². The summed E-state index contributed by atoms with van der Waals surface area (Å²) < 4.78 is 0.953. The van der Waals surface area contributed by atoms with Gasteiger partial charge in [0.15, 0.2) is 5.17 Å². The van der Waals surface area contributed by atoms with Gasteiger partial charge < -0.3 is 10.2 Å². The van der Waals surface area contributed by atoms with Gasteiger partial charge in [-0.2, -0.15) is 5.26 Å². The number of amidine groups is 1. The molecule has 0 atom stereocenters. The molecule has 0 bridgehead atoms. The minimum Gasteiger partial charge on any atom is -0.384 e. The predicted molar refractivity (Wildman–Crippen MR) is 152 cm³/mol. The molecular weight excluding hydrogens is 554 g/mol. The van der Waals surface area contributed by atoms with Crippen LogP contribution in [-0.4, -0.2) is 29.6 Å². The molecule has 0 unspecified atom stereocenters. The van der Waals surface area contributed by atoms with Gasteiger partial charge in [-0.05, 0) is 66.7 Å². The number of aliphatic imine (C=N–C) groups is 1. The summed E-state index contributed by atoms with van der Waals surface area (Å²) in [7, 11) is 1.99. The Balaban J connectivity index is 1.60. The molecule has 36 heavy (non-hydrogen) atoms. The topological polar surface area (TPSA) is 71.7 Å². The number of nitrogens with zero attached hydrogens (tertiary/aromatic N) is 4. The van der Waals surface area contributed by atoms with Crippen molar-refractivity contribution in [1.82, 2.24) is 4.90 Å². The van der Waals surface area contributed by atoms with Crippen molar-refractivity contribution >= 4 is 67.6 Å². The van der Waals surface area contributed by atoms with Crippen LogP contribution >= 0.6 is 39.5 Å². The zero-order chi connectivity index (χ0) is 25.2. The first-order chi connectivity index (χ1) is 17.5. The Labute approximate surface area is 227 Å². The summed E-state index contributed by atoms with van der Waals surface area (Å²) in [6.07, 6.45) is 0. The Kier molecular flexibility index (Phi) is 7.10. The molecule has 0 saturated carbocycles. The lowest BCUT2D eigenvalue weighted by molar-refractivity contribution is -0.122. The van der Waals surface area contributed by atoms with Gasteiger partial charge in [0.2, 0.25) is 0 Å². The van der Waals surface area contributed by atoms with Crippen LogP contribution in [0.4, 0.5) is 17.1 Å². The van der Waals surface area contributed by atoms with Gasteiger partial charge in [-0.15, -0.1) is 0 Å². The summed E-state index contributed by atoms with van der Waals surface area (Å²) in [6.45, 7) is 3.11. The number of anilines is 2. The van der Waals surface area contributed by atoms with E-state index in [1.54, 1.807) is 28.8 Å². The maximum atomic E-state index is 13.9. The van der Waals surface area contributed by atoms with E-state index in [0.717, 1.165) is 31.3 Å². The van der Waals surface area contributed by atoms with Crippen molar-refractivity contribution in [3.63, 3.8) is 0 Å². The van der Waals surface area contributed by atoms with Crippen LogP contribution in [0.25, 0.3) is 0 Å². The number of carbonyl (C=O) groups is 1. The Morgan fingerprint density at radius 1 is 1.08 bits per heavy atom. The van der Waals surface area contributed by atoms with Crippen LogP contribution in [0.1, 0.15) is 18.1 Å². The molecule has 1 amide bonds. The first-order valence-corrected chi connectivity index (χ1v) is 13.8. The monoisotopic (exact) mass is 575 g/mol. The average Bonchev–Trinajstić information content (AvgIpc) is 3.37. The van der Waals surface area contributed by atoms with Crippen molar-refractivity contribution in [2.75, 3.05) is 23.8 Å². The van der Waals surface area contributed by atoms with Crippen LogP contribution < -0.4 is 10.2 Å². The lowest BCUT2D eigenvalue weighted by atomic mass is 10.2. The highest BCUT2D eigenvalue weighted by Gasteiger charge is 2.39. The van der Waals surface area contributed by atoms with Crippen LogP contribution in [0.5, 0.6) is 0 Å². The second-order valence-electron chi connectivity index (χ2n) is 8.15. The van der Waals surface area contributed by atoms with Crippen LogP contribution in [0.15, 0.2) is 91.0 Å². The number of hydrogen-bond donors (Lipinski definition) is 1. The van der Waals surface area contributed by atoms with Crippen LogP contribution in [0.2, 0.25) is 0 Å². The van der Waals surface area contributed by atoms with E-state index in [0.29, 0.717) is 34.4 Å². The van der Waals surface area contributed by atoms with E-state index in [2.05, 4.69) is 44.3 Å². The highest BCUT2D eigenvalue weighted by molar-refractivity contribution is 9.10. The standard InChI is InChI=1S/C27H22BrN5OS2/c1-3-30-20-12-11-17(15-29)14-21(20)31-27-33(16-18-7-6-8-19(28)13-18)25(34)24(36-27)26-32(2)22-9-4-5-10-23(22)35-26/h4-14,30H,3,16H2,1-2H3/b26-24-,31-27?. The van der Waals surface area contributed by atoms with Gasteiger partial charge in [0.05, 0.1) is 40.3 Å². The van der Waals surface area contributed by atoms with Gasteiger partial charge in [-0.1, -0.05) is 52.0 Å². The molecule has 2 heterocycles. The number of amides is 1. The maximum Gasteiger partial charge on any atom is 0.269 e. The summed E-state index contributed by atoms with van der Waals surface area (Å²) in [6, 6.07) is 23.6. The molecule has 9 heteroatoms. The molecule has 0 radical (unpaired) electrons. The molecule has 1 N–H and O–H groups in total. The summed E-state index contributed by atoms with van der Waals surface area (Å²) >= 11 is 6.51. The van der Waals surface area contributed by atoms with Crippen molar-refractivity contribution in [3.05, 3.63) is 92.3 Å². The van der Waals surface area contributed by atoms with Gasteiger partial charge in [-0.3, -0.25) is 9.69 Å². The zero-order valence-corrected chi connectivity index (χ0v) is 22.9. The van der Waals surface area contributed by atoms with Gasteiger partial charge in [0, 0.05) is 23.0 Å². The molecule has 0 aromatic heterocycles. The normalized spacial score (nSPS) is 18.1. The van der Waals surface area contributed by atoms with Gasteiger partial charge >= 0.3 is 0 Å². The van der Waals surface area contributed by atoms with Gasteiger partial charge in [0.25, 0.3) is 5.91 Å². The molecule has 0 aliphatic carbocycles. The minimum atomic E-state index is -0.0812. The van der Waals surface area contributed by atoms with Crippen molar-refractivity contribution in [2.45, 2.75) is 18.4 Å². The molecule has 2 aliphatic heterocycles. The number of hydrogen-bond acceptors (Lipinski definition) is 7. The fourth-order valence-electron chi connectivity index (χ4n) is 4.01. The van der Waals surface area contributed by atoms with E-state index in [4.69, 9.17) is 4.99 Å². The van der Waals surface area contributed by atoms with Crippen LogP contribution in [-0.2, 0) is 11.3 Å². The summed E-state index contributed by atoms with van der Waals surface area (Å²) in [5.74, 6) is -0.0812. The predicted octanol–water partition coefficient (Wildman–Crippen LogP) is 6.93. The number of carbonyl (C=O) groups excluding carboxylic acids is 1. The van der Waals surface area contributed by atoms with E-state index in [1.807, 2.05) is 56.4 Å². The first kappa shape index (κ1) is 24.5. The molecule has 6 nitrogen and oxygen atoms in total. The van der Waals surface area contributed by atoms with E-state index in [9.17, 15) is 10.1 Å². The van der Waals surface area contributed by atoms with Crippen molar-refractivity contribution < 1.29 is 4.79 Å². The third kappa shape index (κ3) is 4.76. The van der Waals surface area contributed by atoms with Crippen LogP contribution in [0, 0.1) is 11.3 Å². The largest absolute Gasteiger partial charge is 0.384 e. The Bertz CT molecular complexity index is 1460. The molecule has 2 aliphatic rings. The van der Waals surface area contributed by atoms with Gasteiger partial charge in [0.1, 0.15) is 4.91 Å². The number of thioether (sulfide) groups is 2. The van der Waals surface area contributed by atoms with E-state index in [1.165, 1.54) is 11.8 Å². The second-order valence-corrected chi connectivity index (χ2v) is 11.1. The smallest absolute Gasteiger partial charge is 0.269 e. The maximum absolute atomic E-state index is 13.9. The SMILES string of the molecule is CCNc1ccc(C#N)cc1N=C1S/C(=C2\Sc3ccccc3N2C)C(=O)N1Cc1cccc(Br)c1. The average molecular weight is 577 g/mol. The molecule has 3 aromatic carbocycles. The minimum absolute atomic E-state index is 0.0812. The first-order valence-electron chi connectivity index (χ1n) is 11.3. The van der Waals surface area contributed by atoms with E-state index >= 15 is 0 Å². The fourth-order valence-corrected chi connectivity index (χ4v) is 6.80. The molecule has 5 rings (SSSR count). The Hall–Kier alpha value is -3.19. The number of fused-ring (bicyclic) bond motifs is 1. The van der Waals surface area contributed by atoms with Crippen LogP contribution in [0.3, 0.4) is 0 Å². The number of nitriles is 1. The lowest BCUT2D eigenvalue weighted by Crippen LogP contribution is -2.29. The van der Waals surface area contributed by atoms with Gasteiger partial charge in [-0.25, -0.2) is 4.99 Å². The number of nitrogens with one attached hydrogen (secondary N) is 1. The molecule has 180 valence electrons. The third-order valence-electron chi connectivity index (χ3n) is 5.74. The van der Waals surface area contributed by atoms with Crippen molar-refractivity contribution in [3.8, 4) is 6.07 Å². The Morgan fingerprint density at radius 3 is 2.67 bits per heavy atom. The second kappa shape index (κ2) is 10.4. The highest BCUT2D eigenvalue weighted by Crippen LogP contribution is 2.50. The molecule has 0 spiro atoms. The van der Waals surface area contributed by atoms with E-state index in [-0.39, 0.29) is 5.91 Å². The third-order valence-corrected chi connectivity index (χ3v) is 8.66. The fraction of sp³-hybridized carbons (Fsp3) is 0.148. The summed E-state index contributed by atoms with van der Waals surface area (Å²) in [5.41, 5.74) is 4.04.